The molecule has 0 radical (unpaired) electrons. The fourth-order valence-corrected chi connectivity index (χ4v) is 3.09. The maximum absolute atomic E-state index is 12.4. The van der Waals surface area contributed by atoms with E-state index in [2.05, 4.69) is 10.3 Å². The Morgan fingerprint density at radius 1 is 1.13 bits per heavy atom. The van der Waals surface area contributed by atoms with Gasteiger partial charge in [-0.1, -0.05) is 30.3 Å². The summed E-state index contributed by atoms with van der Waals surface area (Å²) in [5, 5.41) is 12.5. The van der Waals surface area contributed by atoms with Crippen molar-refractivity contribution in [3.05, 3.63) is 70.7 Å². The molecule has 1 N–H and O–H groups in total. The van der Waals surface area contributed by atoms with E-state index in [1.165, 1.54) is 11.3 Å². The third-order valence-corrected chi connectivity index (χ3v) is 4.50. The Morgan fingerprint density at radius 2 is 1.83 bits per heavy atom. The third kappa shape index (κ3) is 3.28. The molecule has 2 aromatic carbocycles. The summed E-state index contributed by atoms with van der Waals surface area (Å²) in [7, 11) is 0. The zero-order valence-corrected chi connectivity index (χ0v) is 13.2. The average Bonchev–Trinajstić information content (AvgIpc) is 2.98. The number of hydrogen-bond donors (Lipinski definition) is 1. The molecule has 3 rings (SSSR count). The maximum atomic E-state index is 12.4. The van der Waals surface area contributed by atoms with E-state index >= 15 is 0 Å². The first-order valence-electron chi connectivity index (χ1n) is 7.02. The van der Waals surface area contributed by atoms with Crippen molar-refractivity contribution >= 4 is 22.9 Å². The Bertz CT molecular complexity index is 877. The van der Waals surface area contributed by atoms with Crippen LogP contribution >= 0.6 is 11.3 Å². The van der Waals surface area contributed by atoms with Gasteiger partial charge in [0.25, 0.3) is 5.91 Å². The van der Waals surface area contributed by atoms with Gasteiger partial charge in [-0.15, -0.1) is 11.3 Å². The summed E-state index contributed by atoms with van der Waals surface area (Å²) >= 11 is 1.37. The maximum Gasteiger partial charge on any atom is 0.267 e. The molecule has 0 atom stereocenters. The third-order valence-electron chi connectivity index (χ3n) is 3.30. The second kappa shape index (κ2) is 6.42. The zero-order chi connectivity index (χ0) is 16.2. The first kappa shape index (κ1) is 14.9. The van der Waals surface area contributed by atoms with Crippen molar-refractivity contribution in [3.8, 4) is 16.6 Å². The van der Waals surface area contributed by atoms with Crippen LogP contribution in [0.25, 0.3) is 10.6 Å². The molecule has 0 spiro atoms. The molecule has 5 heteroatoms. The number of aromatic nitrogens is 1. The molecule has 0 aliphatic carbocycles. The average molecular weight is 319 g/mol. The molecule has 3 aromatic rings. The summed E-state index contributed by atoms with van der Waals surface area (Å²) in [6, 6.07) is 18.6. The van der Waals surface area contributed by atoms with Crippen LogP contribution in [-0.2, 0) is 0 Å². The second-order valence-corrected chi connectivity index (χ2v) is 5.94. The quantitative estimate of drug-likeness (QED) is 0.785. The molecule has 0 saturated heterocycles. The first-order valence-corrected chi connectivity index (χ1v) is 7.83. The second-order valence-electron chi connectivity index (χ2n) is 4.94. The predicted octanol–water partition coefficient (Wildman–Crippen LogP) is 4.24. The van der Waals surface area contributed by atoms with E-state index in [-0.39, 0.29) is 5.91 Å². The van der Waals surface area contributed by atoms with Gasteiger partial charge in [0.05, 0.1) is 17.3 Å². The van der Waals surface area contributed by atoms with Crippen molar-refractivity contribution < 1.29 is 4.79 Å². The highest BCUT2D eigenvalue weighted by Crippen LogP contribution is 2.28. The van der Waals surface area contributed by atoms with Crippen molar-refractivity contribution in [1.82, 2.24) is 4.98 Å². The molecule has 0 bridgehead atoms. The van der Waals surface area contributed by atoms with Gasteiger partial charge >= 0.3 is 0 Å². The predicted molar refractivity (Wildman–Crippen MR) is 91.4 cm³/mol. The summed E-state index contributed by atoms with van der Waals surface area (Å²) in [6.45, 7) is 1.83. The highest BCUT2D eigenvalue weighted by atomic mass is 32.1. The molecule has 0 aliphatic rings. The van der Waals surface area contributed by atoms with Crippen molar-refractivity contribution in [2.24, 2.45) is 0 Å². The number of carbonyl (C=O) groups excluding carboxylic acids is 1. The van der Waals surface area contributed by atoms with Gasteiger partial charge in [0.15, 0.2) is 0 Å². The van der Waals surface area contributed by atoms with Crippen molar-refractivity contribution in [2.45, 2.75) is 6.92 Å². The van der Waals surface area contributed by atoms with Gasteiger partial charge in [0, 0.05) is 11.3 Å². The minimum atomic E-state index is -0.188. The summed E-state index contributed by atoms with van der Waals surface area (Å²) in [5.74, 6) is -0.188. The molecular formula is C18H13N3OS. The summed E-state index contributed by atoms with van der Waals surface area (Å²) in [6.07, 6.45) is 0. The standard InChI is InChI=1S/C18H13N3OS/c1-12-16(23-18(20-12)14-5-3-2-4-6-14)17(22)21-15-9-7-13(11-19)8-10-15/h2-10H,1H3,(H,21,22). The number of nitrogens with one attached hydrogen (secondary N) is 1. The Balaban J connectivity index is 1.82. The highest BCUT2D eigenvalue weighted by Gasteiger charge is 2.16. The van der Waals surface area contributed by atoms with Crippen molar-refractivity contribution in [2.75, 3.05) is 5.32 Å². The molecule has 4 nitrogen and oxygen atoms in total. The minimum Gasteiger partial charge on any atom is -0.321 e. The Labute approximate surface area is 138 Å². The number of anilines is 1. The molecular weight excluding hydrogens is 306 g/mol. The van der Waals surface area contributed by atoms with E-state index in [1.807, 2.05) is 43.3 Å². The Kier molecular flexibility index (Phi) is 4.18. The van der Waals surface area contributed by atoms with Gasteiger partial charge in [-0.3, -0.25) is 4.79 Å². The van der Waals surface area contributed by atoms with Gasteiger partial charge < -0.3 is 5.32 Å². The molecule has 0 aliphatic heterocycles. The molecule has 0 fully saturated rings. The number of benzene rings is 2. The van der Waals surface area contributed by atoms with E-state index in [0.29, 0.717) is 21.8 Å². The van der Waals surface area contributed by atoms with Crippen LogP contribution in [0.1, 0.15) is 20.9 Å². The molecule has 0 unspecified atom stereocenters. The lowest BCUT2D eigenvalue weighted by atomic mass is 10.2. The zero-order valence-electron chi connectivity index (χ0n) is 12.4. The van der Waals surface area contributed by atoms with Gasteiger partial charge in [0.1, 0.15) is 9.88 Å². The van der Waals surface area contributed by atoms with Crippen LogP contribution in [0, 0.1) is 18.3 Å². The first-order chi connectivity index (χ1) is 11.2. The SMILES string of the molecule is Cc1nc(-c2ccccc2)sc1C(=O)Nc1ccc(C#N)cc1. The van der Waals surface area contributed by atoms with Crippen LogP contribution in [0.4, 0.5) is 5.69 Å². The fourth-order valence-electron chi connectivity index (χ4n) is 2.13. The Hall–Kier alpha value is -2.97. The lowest BCUT2D eigenvalue weighted by Gasteiger charge is -2.03. The molecule has 23 heavy (non-hydrogen) atoms. The Morgan fingerprint density at radius 3 is 2.48 bits per heavy atom. The van der Waals surface area contributed by atoms with Crippen LogP contribution in [-0.4, -0.2) is 10.9 Å². The monoisotopic (exact) mass is 319 g/mol. The van der Waals surface area contributed by atoms with Crippen molar-refractivity contribution in [1.29, 1.82) is 5.26 Å². The van der Waals surface area contributed by atoms with Gasteiger partial charge in [-0.05, 0) is 31.2 Å². The van der Waals surface area contributed by atoms with E-state index in [1.54, 1.807) is 24.3 Å². The van der Waals surface area contributed by atoms with Crippen LogP contribution in [0.15, 0.2) is 54.6 Å². The number of rotatable bonds is 3. The molecule has 112 valence electrons. The van der Waals surface area contributed by atoms with Crippen LogP contribution in [0.3, 0.4) is 0 Å². The molecule has 1 heterocycles. The van der Waals surface area contributed by atoms with Crippen molar-refractivity contribution in [3.63, 3.8) is 0 Å². The van der Waals surface area contributed by atoms with Gasteiger partial charge in [-0.25, -0.2) is 4.98 Å². The molecule has 1 aromatic heterocycles. The number of nitrogens with zero attached hydrogens (tertiary/aromatic N) is 2. The van der Waals surface area contributed by atoms with E-state index < -0.39 is 0 Å². The highest BCUT2D eigenvalue weighted by molar-refractivity contribution is 7.17. The van der Waals surface area contributed by atoms with Crippen LogP contribution < -0.4 is 5.32 Å². The summed E-state index contributed by atoms with van der Waals surface area (Å²) in [4.78, 5) is 17.5. The smallest absolute Gasteiger partial charge is 0.267 e. The van der Waals surface area contributed by atoms with Crippen LogP contribution in [0.2, 0.25) is 0 Å². The van der Waals surface area contributed by atoms with E-state index in [4.69, 9.17) is 5.26 Å². The largest absolute Gasteiger partial charge is 0.321 e. The van der Waals surface area contributed by atoms with Crippen LogP contribution in [0.5, 0.6) is 0 Å². The summed E-state index contributed by atoms with van der Waals surface area (Å²) in [5.41, 5.74) is 2.92. The molecule has 1 amide bonds. The van der Waals surface area contributed by atoms with Gasteiger partial charge in [0.2, 0.25) is 0 Å². The lowest BCUT2D eigenvalue weighted by molar-refractivity contribution is 0.103. The number of amides is 1. The van der Waals surface area contributed by atoms with E-state index in [9.17, 15) is 4.79 Å². The molecule has 0 saturated carbocycles. The number of aryl methyl sites for hydroxylation is 1. The number of nitriles is 1. The topological polar surface area (TPSA) is 65.8 Å². The number of thiazole rings is 1. The number of hydrogen-bond acceptors (Lipinski definition) is 4. The summed E-state index contributed by atoms with van der Waals surface area (Å²) < 4.78 is 0. The van der Waals surface area contributed by atoms with E-state index in [0.717, 1.165) is 10.6 Å². The lowest BCUT2D eigenvalue weighted by Crippen LogP contribution is -2.11. The van der Waals surface area contributed by atoms with Gasteiger partial charge in [-0.2, -0.15) is 5.26 Å². The fraction of sp³-hybridized carbons (Fsp3) is 0.0556. The minimum absolute atomic E-state index is 0.188. The number of carbonyl (C=O) groups is 1. The normalized spacial score (nSPS) is 10.1.